The Hall–Kier alpha value is -4.32. The SMILES string of the molecule is CCS(=O)(=O)Nc1cc2oc(-c3ccc(F)cc3)c(C(=O)NC)c2cc1-c1ccc(C(F)COCc2ccccc2)c(Cl)n1. The second kappa shape index (κ2) is 13.1. The molecule has 5 aromatic rings. The van der Waals surface area contributed by atoms with Crippen molar-refractivity contribution < 1.29 is 31.1 Å². The van der Waals surface area contributed by atoms with E-state index < -0.39 is 27.9 Å². The van der Waals surface area contributed by atoms with Gasteiger partial charge in [0, 0.05) is 35.2 Å². The molecule has 2 heterocycles. The number of alkyl halides is 1. The summed E-state index contributed by atoms with van der Waals surface area (Å²) in [6.07, 6.45) is -1.57. The molecule has 1 amide bonds. The number of rotatable bonds is 11. The van der Waals surface area contributed by atoms with Gasteiger partial charge in [-0.25, -0.2) is 22.2 Å². The lowest BCUT2D eigenvalue weighted by Gasteiger charge is -2.15. The van der Waals surface area contributed by atoms with E-state index in [-0.39, 0.29) is 63.5 Å². The number of amides is 1. The normalized spacial score (nSPS) is 12.3. The number of nitrogens with zero attached hydrogens (tertiary/aromatic N) is 1. The molecule has 1 unspecified atom stereocenters. The van der Waals surface area contributed by atoms with Gasteiger partial charge in [-0.1, -0.05) is 48.0 Å². The summed E-state index contributed by atoms with van der Waals surface area (Å²) in [6, 6.07) is 20.7. The molecule has 228 valence electrons. The Morgan fingerprint density at radius 2 is 1.80 bits per heavy atom. The van der Waals surface area contributed by atoms with E-state index in [9.17, 15) is 17.6 Å². The van der Waals surface area contributed by atoms with Crippen molar-refractivity contribution in [3.63, 3.8) is 0 Å². The first-order chi connectivity index (χ1) is 21.1. The number of fused-ring (bicyclic) bond motifs is 1. The van der Waals surface area contributed by atoms with E-state index in [1.807, 2.05) is 30.3 Å². The number of benzene rings is 3. The molecule has 0 bridgehead atoms. The molecule has 0 aliphatic carbocycles. The number of anilines is 1. The third-order valence-electron chi connectivity index (χ3n) is 6.90. The number of halogens is 3. The van der Waals surface area contributed by atoms with Gasteiger partial charge in [0.15, 0.2) is 6.17 Å². The zero-order chi connectivity index (χ0) is 31.4. The van der Waals surface area contributed by atoms with Crippen molar-refractivity contribution in [3.05, 3.63) is 107 Å². The summed E-state index contributed by atoms with van der Waals surface area (Å²) in [5, 5.41) is 2.80. The second-order valence-corrected chi connectivity index (χ2v) is 12.2. The molecule has 0 saturated carbocycles. The first-order valence-corrected chi connectivity index (χ1v) is 15.6. The van der Waals surface area contributed by atoms with E-state index in [1.54, 1.807) is 6.07 Å². The lowest BCUT2D eigenvalue weighted by Crippen LogP contribution is -2.18. The van der Waals surface area contributed by atoms with E-state index in [4.69, 9.17) is 20.8 Å². The van der Waals surface area contributed by atoms with Crippen molar-refractivity contribution in [1.82, 2.24) is 10.3 Å². The molecule has 1 atom stereocenters. The maximum atomic E-state index is 15.1. The first kappa shape index (κ1) is 31.1. The smallest absolute Gasteiger partial charge is 0.255 e. The number of carbonyl (C=O) groups excluding carboxylic acids is 1. The van der Waals surface area contributed by atoms with Crippen LogP contribution < -0.4 is 10.0 Å². The van der Waals surface area contributed by atoms with Crippen molar-refractivity contribution in [2.45, 2.75) is 19.7 Å². The number of sulfonamides is 1. The maximum Gasteiger partial charge on any atom is 0.255 e. The third kappa shape index (κ3) is 6.75. The quantitative estimate of drug-likeness (QED) is 0.147. The summed E-state index contributed by atoms with van der Waals surface area (Å²) in [7, 11) is -2.31. The Morgan fingerprint density at radius 1 is 1.07 bits per heavy atom. The van der Waals surface area contributed by atoms with Gasteiger partial charge in [-0.05, 0) is 48.9 Å². The lowest BCUT2D eigenvalue weighted by molar-refractivity contribution is 0.0694. The largest absolute Gasteiger partial charge is 0.455 e. The average Bonchev–Trinajstić information content (AvgIpc) is 3.39. The number of ether oxygens (including phenoxy) is 1. The van der Waals surface area contributed by atoms with Crippen molar-refractivity contribution >= 4 is 44.2 Å². The Morgan fingerprint density at radius 3 is 2.45 bits per heavy atom. The highest BCUT2D eigenvalue weighted by atomic mass is 35.5. The number of pyridine rings is 1. The van der Waals surface area contributed by atoms with Crippen LogP contribution in [0.2, 0.25) is 5.15 Å². The highest BCUT2D eigenvalue weighted by Crippen LogP contribution is 2.40. The summed E-state index contributed by atoms with van der Waals surface area (Å²) in [4.78, 5) is 17.4. The van der Waals surface area contributed by atoms with Crippen LogP contribution in [-0.2, 0) is 21.4 Å². The van der Waals surface area contributed by atoms with Crippen molar-refractivity contribution in [1.29, 1.82) is 0 Å². The predicted molar refractivity (Wildman–Crippen MR) is 166 cm³/mol. The zero-order valence-corrected chi connectivity index (χ0v) is 25.3. The minimum atomic E-state index is -3.77. The summed E-state index contributed by atoms with van der Waals surface area (Å²) < 4.78 is 68.1. The summed E-state index contributed by atoms with van der Waals surface area (Å²) >= 11 is 6.44. The van der Waals surface area contributed by atoms with Crippen LogP contribution in [0.25, 0.3) is 33.6 Å². The molecule has 3 aromatic carbocycles. The molecule has 2 N–H and O–H groups in total. The summed E-state index contributed by atoms with van der Waals surface area (Å²) in [6.45, 7) is 1.46. The van der Waals surface area contributed by atoms with Gasteiger partial charge in [0.05, 0.1) is 35.9 Å². The molecular formula is C32H28ClF2N3O5S. The Kier molecular flexibility index (Phi) is 9.28. The van der Waals surface area contributed by atoms with Crippen LogP contribution in [0.5, 0.6) is 0 Å². The van der Waals surface area contributed by atoms with Crippen LogP contribution in [0, 0.1) is 5.82 Å². The van der Waals surface area contributed by atoms with Gasteiger partial charge in [-0.15, -0.1) is 0 Å². The first-order valence-electron chi connectivity index (χ1n) is 13.6. The van der Waals surface area contributed by atoms with Crippen molar-refractivity contribution in [3.8, 4) is 22.6 Å². The van der Waals surface area contributed by atoms with Crippen LogP contribution in [0.1, 0.15) is 34.6 Å². The number of nitrogens with one attached hydrogen (secondary N) is 2. The number of hydrogen-bond donors (Lipinski definition) is 2. The van der Waals surface area contributed by atoms with Gasteiger partial charge in [0.2, 0.25) is 10.0 Å². The molecule has 0 aliphatic rings. The topological polar surface area (TPSA) is 111 Å². The molecule has 5 rings (SSSR count). The van der Waals surface area contributed by atoms with E-state index in [1.165, 1.54) is 56.4 Å². The Labute approximate surface area is 258 Å². The standard InChI is InChI=1S/C32H28ClF2N3O5S/c1-3-44(40,41)38-27-16-28-24(29(32(39)36-2)30(43-28)20-9-11-21(34)12-10-20)15-23(27)26-14-13-22(31(33)37-26)25(35)18-42-17-19-7-5-4-6-8-19/h4-16,25,38H,3,17-18H2,1-2H3,(H,36,39). The average molecular weight is 640 g/mol. The van der Waals surface area contributed by atoms with E-state index in [0.717, 1.165) is 5.56 Å². The van der Waals surface area contributed by atoms with Crippen molar-refractivity contribution in [2.24, 2.45) is 0 Å². The number of hydrogen-bond acceptors (Lipinski definition) is 6. The third-order valence-corrected chi connectivity index (χ3v) is 8.49. The lowest BCUT2D eigenvalue weighted by atomic mass is 10.0. The molecule has 2 aromatic heterocycles. The van der Waals surface area contributed by atoms with Crippen LogP contribution in [0.15, 0.2) is 83.3 Å². The van der Waals surface area contributed by atoms with Gasteiger partial charge in [-0.2, -0.15) is 0 Å². The summed E-state index contributed by atoms with van der Waals surface area (Å²) in [5.74, 6) is -0.993. The molecule has 12 heteroatoms. The van der Waals surface area contributed by atoms with E-state index >= 15 is 4.39 Å². The Balaban J connectivity index is 1.57. The van der Waals surface area contributed by atoms with Gasteiger partial charge >= 0.3 is 0 Å². The minimum Gasteiger partial charge on any atom is -0.455 e. The molecule has 8 nitrogen and oxygen atoms in total. The molecular weight excluding hydrogens is 612 g/mol. The highest BCUT2D eigenvalue weighted by Gasteiger charge is 2.25. The Bertz CT molecular complexity index is 1920. The molecule has 0 fully saturated rings. The second-order valence-electron chi connectivity index (χ2n) is 9.84. The predicted octanol–water partition coefficient (Wildman–Crippen LogP) is 7.30. The van der Waals surface area contributed by atoms with Gasteiger partial charge in [-0.3, -0.25) is 9.52 Å². The van der Waals surface area contributed by atoms with Crippen molar-refractivity contribution in [2.75, 3.05) is 24.1 Å². The minimum absolute atomic E-state index is 0.105. The molecule has 0 spiro atoms. The van der Waals surface area contributed by atoms with Gasteiger partial charge in [0.1, 0.15) is 22.3 Å². The van der Waals surface area contributed by atoms with Crippen LogP contribution in [0.4, 0.5) is 14.5 Å². The van der Waals surface area contributed by atoms with E-state index in [0.29, 0.717) is 10.9 Å². The van der Waals surface area contributed by atoms with Gasteiger partial charge in [0.25, 0.3) is 5.91 Å². The molecule has 44 heavy (non-hydrogen) atoms. The van der Waals surface area contributed by atoms with Crippen LogP contribution in [-0.4, -0.2) is 38.7 Å². The number of furan rings is 1. The number of carbonyl (C=O) groups is 1. The monoisotopic (exact) mass is 639 g/mol. The number of aromatic nitrogens is 1. The fourth-order valence-corrected chi connectivity index (χ4v) is 5.53. The fourth-order valence-electron chi connectivity index (χ4n) is 4.61. The van der Waals surface area contributed by atoms with Crippen LogP contribution in [0.3, 0.4) is 0 Å². The maximum absolute atomic E-state index is 15.1. The molecule has 0 saturated heterocycles. The highest BCUT2D eigenvalue weighted by molar-refractivity contribution is 7.92. The van der Waals surface area contributed by atoms with E-state index in [2.05, 4.69) is 15.0 Å². The molecule has 0 aliphatic heterocycles. The zero-order valence-electron chi connectivity index (χ0n) is 23.7. The van der Waals surface area contributed by atoms with Crippen LogP contribution >= 0.6 is 11.6 Å². The summed E-state index contributed by atoms with van der Waals surface area (Å²) in [5.41, 5.74) is 2.40. The molecule has 0 radical (unpaired) electrons. The fraction of sp³-hybridized carbons (Fsp3) is 0.188. The van der Waals surface area contributed by atoms with Gasteiger partial charge < -0.3 is 14.5 Å².